The highest BCUT2D eigenvalue weighted by Gasteiger charge is 2.28. The summed E-state index contributed by atoms with van der Waals surface area (Å²) in [4.78, 5) is 5.03. The van der Waals surface area contributed by atoms with Gasteiger partial charge in [0.15, 0.2) is 0 Å². The molecule has 0 saturated carbocycles. The van der Waals surface area contributed by atoms with E-state index < -0.39 is 0 Å². The molecule has 2 aliphatic rings. The van der Waals surface area contributed by atoms with Gasteiger partial charge >= 0.3 is 0 Å². The minimum atomic E-state index is 0.272. The fourth-order valence-electron chi connectivity index (χ4n) is 6.27. The van der Waals surface area contributed by atoms with Gasteiger partial charge in [0.05, 0.1) is 0 Å². The summed E-state index contributed by atoms with van der Waals surface area (Å²) >= 11 is 0. The van der Waals surface area contributed by atoms with Crippen molar-refractivity contribution < 1.29 is 9.47 Å². The summed E-state index contributed by atoms with van der Waals surface area (Å²) in [5, 5.41) is 0. The molecule has 2 saturated heterocycles. The number of hydrogen-bond donors (Lipinski definition) is 2. The van der Waals surface area contributed by atoms with Crippen LogP contribution in [-0.4, -0.2) is 48.2 Å². The molecular weight excluding hydrogens is 544 g/mol. The predicted molar refractivity (Wildman–Crippen MR) is 182 cm³/mol. The van der Waals surface area contributed by atoms with Crippen molar-refractivity contribution in [1.82, 2.24) is 9.80 Å². The molecule has 0 radical (unpaired) electrons. The van der Waals surface area contributed by atoms with Gasteiger partial charge in [-0.3, -0.25) is 9.80 Å². The molecule has 2 heterocycles. The maximum Gasteiger partial charge on any atom is 0.121 e. The van der Waals surface area contributed by atoms with Gasteiger partial charge in [-0.15, -0.1) is 0 Å². The van der Waals surface area contributed by atoms with Crippen LogP contribution in [0.15, 0.2) is 109 Å². The minimum absolute atomic E-state index is 0.272. The quantitative estimate of drug-likeness (QED) is 0.212. The molecule has 0 aromatic heterocycles. The van der Waals surface area contributed by atoms with Crippen molar-refractivity contribution >= 4 is 11.4 Å². The molecule has 232 valence electrons. The Hall–Kier alpha value is -4.00. The van der Waals surface area contributed by atoms with E-state index >= 15 is 0 Å². The van der Waals surface area contributed by atoms with Crippen molar-refractivity contribution in [1.29, 1.82) is 0 Å². The lowest BCUT2D eigenvalue weighted by atomic mass is 9.96. The van der Waals surface area contributed by atoms with Crippen LogP contribution < -0.4 is 20.9 Å². The van der Waals surface area contributed by atoms with Crippen LogP contribution in [-0.2, 0) is 13.1 Å². The van der Waals surface area contributed by atoms with Crippen molar-refractivity contribution in [3.05, 3.63) is 120 Å². The summed E-state index contributed by atoms with van der Waals surface area (Å²) in [5.74, 6) is 2.79. The Morgan fingerprint density at radius 3 is 1.34 bits per heavy atom. The highest BCUT2D eigenvalue weighted by atomic mass is 16.5. The standard InChI is InChI=1S/2C19H24N2O/c2*1-15-13-21(14-16-6-3-2-4-7-16)11-10-19(15)22-18-9-5-8-17(20)12-18/h2*2-9,12,15,19H,10-11,13-14,20H2,1H3/t2*15-,19+/m10/s1. The van der Waals surface area contributed by atoms with Gasteiger partial charge in [0, 0.05) is 74.6 Å². The predicted octanol–water partition coefficient (Wildman–Crippen LogP) is 7.12. The van der Waals surface area contributed by atoms with Gasteiger partial charge in [-0.2, -0.15) is 0 Å². The first kappa shape index (κ1) is 31.4. The first-order valence-corrected chi connectivity index (χ1v) is 16.0. The SMILES string of the molecule is C[C@@H]1CN(Cc2ccccc2)CC[C@@H]1Oc1cccc(N)c1.C[C@H]1CN(Cc2ccccc2)CC[C@H]1Oc1cccc(N)c1. The van der Waals surface area contributed by atoms with Gasteiger partial charge in [0.25, 0.3) is 0 Å². The van der Waals surface area contributed by atoms with Crippen LogP contribution in [0.2, 0.25) is 0 Å². The van der Waals surface area contributed by atoms with Gasteiger partial charge in [-0.25, -0.2) is 0 Å². The van der Waals surface area contributed by atoms with Crippen molar-refractivity contribution in [2.45, 2.75) is 52.0 Å². The summed E-state index contributed by atoms with van der Waals surface area (Å²) in [7, 11) is 0. The zero-order valence-corrected chi connectivity index (χ0v) is 26.2. The van der Waals surface area contributed by atoms with Gasteiger partial charge < -0.3 is 20.9 Å². The van der Waals surface area contributed by atoms with E-state index in [1.165, 1.54) is 11.1 Å². The monoisotopic (exact) mass is 592 g/mol. The van der Waals surface area contributed by atoms with Crippen molar-refractivity contribution in [3.8, 4) is 11.5 Å². The van der Waals surface area contributed by atoms with Crippen LogP contribution in [0.5, 0.6) is 11.5 Å². The lowest BCUT2D eigenvalue weighted by Gasteiger charge is -2.37. The van der Waals surface area contributed by atoms with Crippen LogP contribution >= 0.6 is 0 Å². The summed E-state index contributed by atoms with van der Waals surface area (Å²) in [6.07, 6.45) is 2.66. The molecule has 4 aromatic rings. The fourth-order valence-corrected chi connectivity index (χ4v) is 6.27. The Kier molecular flexibility index (Phi) is 11.2. The molecule has 2 aliphatic heterocycles. The molecule has 4 atom stereocenters. The summed E-state index contributed by atoms with van der Waals surface area (Å²) in [6, 6.07) is 36.8. The Morgan fingerprint density at radius 1 is 0.568 bits per heavy atom. The van der Waals surface area contributed by atoms with E-state index in [-0.39, 0.29) is 12.2 Å². The largest absolute Gasteiger partial charge is 0.490 e. The number of nitrogen functional groups attached to an aromatic ring is 2. The normalized spacial score (nSPS) is 22.4. The summed E-state index contributed by atoms with van der Waals surface area (Å²) < 4.78 is 12.3. The average Bonchev–Trinajstić information content (AvgIpc) is 3.01. The number of anilines is 2. The zero-order chi connectivity index (χ0) is 30.7. The molecular formula is C38H48N4O2. The maximum absolute atomic E-state index is 6.14. The molecule has 0 amide bonds. The molecule has 4 aromatic carbocycles. The number of piperidine rings is 2. The molecule has 6 rings (SSSR count). The third kappa shape index (κ3) is 9.50. The second-order valence-electron chi connectivity index (χ2n) is 12.4. The van der Waals surface area contributed by atoms with E-state index in [9.17, 15) is 0 Å². The number of nitrogens with two attached hydrogens (primary N) is 2. The molecule has 6 heteroatoms. The van der Waals surface area contributed by atoms with Gasteiger partial charge in [-0.1, -0.05) is 86.6 Å². The Balaban J connectivity index is 0.000000175. The number of benzene rings is 4. The molecule has 44 heavy (non-hydrogen) atoms. The molecule has 0 aliphatic carbocycles. The Morgan fingerprint density at radius 2 is 0.977 bits per heavy atom. The topological polar surface area (TPSA) is 77.0 Å². The smallest absolute Gasteiger partial charge is 0.121 e. The van der Waals surface area contributed by atoms with Gasteiger partial charge in [0.1, 0.15) is 23.7 Å². The van der Waals surface area contributed by atoms with Crippen LogP contribution in [0, 0.1) is 11.8 Å². The van der Waals surface area contributed by atoms with E-state index in [0.717, 1.165) is 75.0 Å². The zero-order valence-electron chi connectivity index (χ0n) is 26.2. The Bertz CT molecular complexity index is 1310. The van der Waals surface area contributed by atoms with E-state index in [4.69, 9.17) is 20.9 Å². The molecule has 4 N–H and O–H groups in total. The lowest BCUT2D eigenvalue weighted by Crippen LogP contribution is -2.43. The number of hydrogen-bond acceptors (Lipinski definition) is 6. The van der Waals surface area contributed by atoms with Gasteiger partial charge in [-0.05, 0) is 48.2 Å². The van der Waals surface area contributed by atoms with Crippen molar-refractivity contribution in [2.75, 3.05) is 37.6 Å². The number of ether oxygens (including phenoxy) is 2. The van der Waals surface area contributed by atoms with E-state index in [2.05, 4.69) is 84.3 Å². The molecule has 0 spiro atoms. The van der Waals surface area contributed by atoms with Crippen LogP contribution in [0.4, 0.5) is 11.4 Å². The third-order valence-corrected chi connectivity index (χ3v) is 8.61. The molecule has 2 fully saturated rings. The lowest BCUT2D eigenvalue weighted by molar-refractivity contribution is 0.0490. The summed E-state index contributed by atoms with van der Waals surface area (Å²) in [6.45, 7) is 10.9. The number of likely N-dealkylation sites (tertiary alicyclic amines) is 2. The van der Waals surface area contributed by atoms with Crippen molar-refractivity contribution in [2.24, 2.45) is 11.8 Å². The first-order valence-electron chi connectivity index (χ1n) is 16.0. The van der Waals surface area contributed by atoms with Crippen LogP contribution in [0.25, 0.3) is 0 Å². The fraction of sp³-hybridized carbons (Fsp3) is 0.368. The number of nitrogens with zero attached hydrogens (tertiary/aromatic N) is 2. The minimum Gasteiger partial charge on any atom is -0.490 e. The van der Waals surface area contributed by atoms with Crippen LogP contribution in [0.3, 0.4) is 0 Å². The molecule has 0 bridgehead atoms. The van der Waals surface area contributed by atoms with E-state index in [0.29, 0.717) is 11.8 Å². The third-order valence-electron chi connectivity index (χ3n) is 8.61. The van der Waals surface area contributed by atoms with E-state index in [1.807, 2.05) is 48.5 Å². The van der Waals surface area contributed by atoms with E-state index in [1.54, 1.807) is 0 Å². The second kappa shape index (κ2) is 15.6. The molecule has 6 nitrogen and oxygen atoms in total. The highest BCUT2D eigenvalue weighted by Crippen LogP contribution is 2.26. The van der Waals surface area contributed by atoms with Crippen LogP contribution in [0.1, 0.15) is 37.8 Å². The van der Waals surface area contributed by atoms with Crippen molar-refractivity contribution in [3.63, 3.8) is 0 Å². The average molecular weight is 593 g/mol. The highest BCUT2D eigenvalue weighted by molar-refractivity contribution is 5.44. The van der Waals surface area contributed by atoms with Gasteiger partial charge in [0.2, 0.25) is 0 Å². The molecule has 0 unspecified atom stereocenters. The second-order valence-corrected chi connectivity index (χ2v) is 12.4. The first-order chi connectivity index (χ1) is 21.4. The number of rotatable bonds is 8. The Labute approximate surface area is 263 Å². The maximum atomic E-state index is 6.14. The summed E-state index contributed by atoms with van der Waals surface area (Å²) in [5.41, 5.74) is 15.9.